The van der Waals surface area contributed by atoms with Gasteiger partial charge >= 0.3 is 0 Å². The van der Waals surface area contributed by atoms with Crippen LogP contribution in [0.2, 0.25) is 0 Å². The molecule has 2 rings (SSSR count). The van der Waals surface area contributed by atoms with Crippen molar-refractivity contribution in [3.63, 3.8) is 0 Å². The molecule has 0 fully saturated rings. The molecule has 0 saturated carbocycles. The summed E-state index contributed by atoms with van der Waals surface area (Å²) in [7, 11) is 0. The van der Waals surface area contributed by atoms with Crippen LogP contribution in [0.4, 0.5) is 22.0 Å². The SMILES string of the molecule is CCNc1cc(NCCc2cccc(F)c2)nc(N)n1. The lowest BCUT2D eigenvalue weighted by Gasteiger charge is -2.09. The maximum absolute atomic E-state index is 13.0. The number of hydrogen-bond donors (Lipinski definition) is 3. The summed E-state index contributed by atoms with van der Waals surface area (Å²) in [4.78, 5) is 8.17. The second-order valence-electron chi connectivity index (χ2n) is 4.33. The molecule has 0 aliphatic rings. The Hall–Kier alpha value is -2.37. The lowest BCUT2D eigenvalue weighted by molar-refractivity contribution is 0.625. The Morgan fingerprint density at radius 3 is 2.60 bits per heavy atom. The maximum Gasteiger partial charge on any atom is 0.223 e. The first kappa shape index (κ1) is 14.0. The molecule has 0 aliphatic carbocycles. The summed E-state index contributed by atoms with van der Waals surface area (Å²) in [6.07, 6.45) is 0.707. The monoisotopic (exact) mass is 275 g/mol. The van der Waals surface area contributed by atoms with Crippen molar-refractivity contribution in [2.24, 2.45) is 0 Å². The highest BCUT2D eigenvalue weighted by Crippen LogP contribution is 2.12. The van der Waals surface area contributed by atoms with Crippen molar-refractivity contribution in [3.8, 4) is 0 Å². The predicted molar refractivity (Wildman–Crippen MR) is 79.2 cm³/mol. The molecule has 5 nitrogen and oxygen atoms in total. The molecular formula is C14H18FN5. The normalized spacial score (nSPS) is 10.3. The number of hydrogen-bond acceptors (Lipinski definition) is 5. The van der Waals surface area contributed by atoms with Gasteiger partial charge in [-0.25, -0.2) is 4.39 Å². The van der Waals surface area contributed by atoms with Crippen molar-refractivity contribution in [1.82, 2.24) is 9.97 Å². The summed E-state index contributed by atoms with van der Waals surface area (Å²) >= 11 is 0. The molecule has 0 atom stereocenters. The highest BCUT2D eigenvalue weighted by atomic mass is 19.1. The number of nitrogens with zero attached hydrogens (tertiary/aromatic N) is 2. The molecule has 0 radical (unpaired) electrons. The number of anilines is 3. The van der Waals surface area contributed by atoms with Gasteiger partial charge in [0.25, 0.3) is 0 Å². The second-order valence-corrected chi connectivity index (χ2v) is 4.33. The number of nitrogen functional groups attached to an aromatic ring is 1. The Kier molecular flexibility index (Phi) is 4.70. The van der Waals surface area contributed by atoms with Crippen molar-refractivity contribution in [2.75, 3.05) is 29.5 Å². The van der Waals surface area contributed by atoms with Gasteiger partial charge in [0.1, 0.15) is 17.5 Å². The molecule has 20 heavy (non-hydrogen) atoms. The highest BCUT2D eigenvalue weighted by molar-refractivity contribution is 5.50. The van der Waals surface area contributed by atoms with Gasteiger partial charge in [0.05, 0.1) is 0 Å². The van der Waals surface area contributed by atoms with Crippen LogP contribution in [0.25, 0.3) is 0 Å². The maximum atomic E-state index is 13.0. The Morgan fingerprint density at radius 2 is 1.90 bits per heavy atom. The molecule has 106 valence electrons. The average molecular weight is 275 g/mol. The number of rotatable bonds is 6. The summed E-state index contributed by atoms with van der Waals surface area (Å²) in [6.45, 7) is 3.39. The van der Waals surface area contributed by atoms with Crippen LogP contribution in [-0.4, -0.2) is 23.1 Å². The summed E-state index contributed by atoms with van der Waals surface area (Å²) in [5.41, 5.74) is 6.58. The lowest BCUT2D eigenvalue weighted by atomic mass is 10.1. The molecular weight excluding hydrogens is 257 g/mol. The quantitative estimate of drug-likeness (QED) is 0.754. The van der Waals surface area contributed by atoms with E-state index in [1.807, 2.05) is 13.0 Å². The van der Waals surface area contributed by atoms with Crippen molar-refractivity contribution in [3.05, 3.63) is 41.7 Å². The molecule has 4 N–H and O–H groups in total. The fraction of sp³-hybridized carbons (Fsp3) is 0.286. The lowest BCUT2D eigenvalue weighted by Crippen LogP contribution is -2.10. The van der Waals surface area contributed by atoms with E-state index in [1.54, 1.807) is 12.1 Å². The van der Waals surface area contributed by atoms with Crippen LogP contribution in [0.15, 0.2) is 30.3 Å². The zero-order valence-corrected chi connectivity index (χ0v) is 11.4. The van der Waals surface area contributed by atoms with Crippen LogP contribution in [-0.2, 0) is 6.42 Å². The van der Waals surface area contributed by atoms with Gasteiger partial charge in [0.2, 0.25) is 5.95 Å². The molecule has 2 aromatic rings. The molecule has 0 unspecified atom stereocenters. The number of halogens is 1. The van der Waals surface area contributed by atoms with Gasteiger partial charge in [-0.2, -0.15) is 9.97 Å². The number of nitrogens with two attached hydrogens (primary N) is 1. The molecule has 6 heteroatoms. The zero-order valence-electron chi connectivity index (χ0n) is 11.4. The van der Waals surface area contributed by atoms with E-state index in [9.17, 15) is 4.39 Å². The third kappa shape index (κ3) is 4.08. The molecule has 0 spiro atoms. The fourth-order valence-electron chi connectivity index (χ4n) is 1.86. The van der Waals surface area contributed by atoms with E-state index in [4.69, 9.17) is 5.73 Å². The average Bonchev–Trinajstić information content (AvgIpc) is 2.38. The third-order valence-electron chi connectivity index (χ3n) is 2.71. The Balaban J connectivity index is 1.93. The number of aromatic nitrogens is 2. The van der Waals surface area contributed by atoms with E-state index in [0.717, 1.165) is 12.1 Å². The molecule has 0 saturated heterocycles. The smallest absolute Gasteiger partial charge is 0.223 e. The van der Waals surface area contributed by atoms with Gasteiger partial charge in [-0.15, -0.1) is 0 Å². The van der Waals surface area contributed by atoms with E-state index in [0.29, 0.717) is 24.6 Å². The standard InChI is InChI=1S/C14H18FN5/c1-2-17-12-9-13(20-14(16)19-12)18-7-6-10-4-3-5-11(15)8-10/h3-5,8-9H,2,6-7H2,1H3,(H4,16,17,18,19,20). The second kappa shape index (κ2) is 6.70. The van der Waals surface area contributed by atoms with Crippen LogP contribution < -0.4 is 16.4 Å². The minimum atomic E-state index is -0.219. The van der Waals surface area contributed by atoms with Crippen molar-refractivity contribution < 1.29 is 4.39 Å². The first-order valence-electron chi connectivity index (χ1n) is 6.54. The first-order valence-corrected chi connectivity index (χ1v) is 6.54. The van der Waals surface area contributed by atoms with Crippen LogP contribution >= 0.6 is 0 Å². The Bertz CT molecular complexity index is 573. The highest BCUT2D eigenvalue weighted by Gasteiger charge is 2.02. The topological polar surface area (TPSA) is 75.9 Å². The van der Waals surface area contributed by atoms with E-state index >= 15 is 0 Å². The Morgan fingerprint density at radius 1 is 1.15 bits per heavy atom. The van der Waals surface area contributed by atoms with E-state index in [1.165, 1.54) is 12.1 Å². The largest absolute Gasteiger partial charge is 0.370 e. The molecule has 1 aromatic heterocycles. The summed E-state index contributed by atoms with van der Waals surface area (Å²) in [6, 6.07) is 8.36. The molecule has 0 aliphatic heterocycles. The fourth-order valence-corrected chi connectivity index (χ4v) is 1.86. The third-order valence-corrected chi connectivity index (χ3v) is 2.71. The molecule has 0 amide bonds. The summed E-state index contributed by atoms with van der Waals surface area (Å²) in [5, 5.41) is 6.24. The van der Waals surface area contributed by atoms with Crippen LogP contribution in [0.3, 0.4) is 0 Å². The minimum Gasteiger partial charge on any atom is -0.370 e. The van der Waals surface area contributed by atoms with Crippen molar-refractivity contribution in [1.29, 1.82) is 0 Å². The molecule has 0 bridgehead atoms. The van der Waals surface area contributed by atoms with Crippen LogP contribution in [0.5, 0.6) is 0 Å². The van der Waals surface area contributed by atoms with Crippen LogP contribution in [0.1, 0.15) is 12.5 Å². The molecule has 1 aromatic carbocycles. The Labute approximate surface area is 117 Å². The predicted octanol–water partition coefficient (Wildman–Crippen LogP) is 2.28. The zero-order chi connectivity index (χ0) is 14.4. The molecule has 1 heterocycles. The first-order chi connectivity index (χ1) is 9.67. The van der Waals surface area contributed by atoms with Gasteiger partial charge in [0, 0.05) is 19.2 Å². The summed E-state index contributed by atoms with van der Waals surface area (Å²) in [5.74, 6) is 1.35. The van der Waals surface area contributed by atoms with E-state index in [2.05, 4.69) is 20.6 Å². The van der Waals surface area contributed by atoms with Gasteiger partial charge < -0.3 is 16.4 Å². The van der Waals surface area contributed by atoms with Crippen molar-refractivity contribution >= 4 is 17.6 Å². The van der Waals surface area contributed by atoms with Crippen LogP contribution in [0, 0.1) is 5.82 Å². The minimum absolute atomic E-state index is 0.219. The van der Waals surface area contributed by atoms with E-state index in [-0.39, 0.29) is 11.8 Å². The van der Waals surface area contributed by atoms with Gasteiger partial charge in [-0.1, -0.05) is 12.1 Å². The van der Waals surface area contributed by atoms with Crippen molar-refractivity contribution in [2.45, 2.75) is 13.3 Å². The van der Waals surface area contributed by atoms with Gasteiger partial charge in [-0.3, -0.25) is 0 Å². The van der Waals surface area contributed by atoms with E-state index < -0.39 is 0 Å². The van der Waals surface area contributed by atoms with Gasteiger partial charge in [0.15, 0.2) is 0 Å². The summed E-state index contributed by atoms with van der Waals surface area (Å²) < 4.78 is 13.0. The number of benzene rings is 1. The van der Waals surface area contributed by atoms with Gasteiger partial charge in [-0.05, 0) is 31.0 Å². The number of nitrogens with one attached hydrogen (secondary N) is 2.